The van der Waals surface area contributed by atoms with Crippen LogP contribution in [0.4, 0.5) is 11.8 Å². The summed E-state index contributed by atoms with van der Waals surface area (Å²) in [5.41, 5.74) is 9.40. The second-order valence-corrected chi connectivity index (χ2v) is 9.20. The van der Waals surface area contributed by atoms with Crippen molar-refractivity contribution >= 4 is 29.6 Å². The second-order valence-electron chi connectivity index (χ2n) is 9.20. The van der Waals surface area contributed by atoms with Crippen molar-refractivity contribution in [2.45, 2.75) is 71.8 Å². The molecule has 1 aromatic carbocycles. The van der Waals surface area contributed by atoms with Gasteiger partial charge in [-0.3, -0.25) is 14.4 Å². The lowest BCUT2D eigenvalue weighted by Crippen LogP contribution is -2.32. The number of esters is 2. The Morgan fingerprint density at radius 2 is 1.74 bits per heavy atom. The zero-order chi connectivity index (χ0) is 27.9. The van der Waals surface area contributed by atoms with Crippen LogP contribution < -0.4 is 11.1 Å². The fourth-order valence-electron chi connectivity index (χ4n) is 4.15. The predicted molar refractivity (Wildman–Crippen MR) is 146 cm³/mol. The first kappa shape index (κ1) is 30.5. The lowest BCUT2D eigenvalue weighted by atomic mass is 10.1. The lowest BCUT2D eigenvalue weighted by molar-refractivity contribution is -0.143. The van der Waals surface area contributed by atoms with Gasteiger partial charge in [-0.25, -0.2) is 4.98 Å². The van der Waals surface area contributed by atoms with Crippen molar-refractivity contribution in [1.29, 1.82) is 0 Å². The van der Waals surface area contributed by atoms with Gasteiger partial charge in [0, 0.05) is 37.3 Å². The van der Waals surface area contributed by atoms with E-state index in [1.54, 1.807) is 4.90 Å². The van der Waals surface area contributed by atoms with E-state index < -0.39 is 5.97 Å². The van der Waals surface area contributed by atoms with Gasteiger partial charge < -0.3 is 25.4 Å². The van der Waals surface area contributed by atoms with Gasteiger partial charge in [-0.2, -0.15) is 4.98 Å². The number of carbonyl (C=O) groups is 3. The molecule has 0 saturated heterocycles. The summed E-state index contributed by atoms with van der Waals surface area (Å²) in [6, 6.07) is 7.52. The summed E-state index contributed by atoms with van der Waals surface area (Å²) in [6.45, 7) is 5.70. The number of rotatable bonds is 16. The van der Waals surface area contributed by atoms with E-state index in [9.17, 15) is 14.4 Å². The zero-order valence-corrected chi connectivity index (χ0v) is 23.0. The number of methoxy groups -OCH3 is 2. The molecule has 3 N–H and O–H groups in total. The van der Waals surface area contributed by atoms with Crippen LogP contribution in [0.2, 0.25) is 0 Å². The second kappa shape index (κ2) is 16.2. The third kappa shape index (κ3) is 10.4. The molecule has 0 unspecified atom stereocenters. The van der Waals surface area contributed by atoms with Crippen molar-refractivity contribution in [3.05, 3.63) is 46.6 Å². The molecule has 0 spiro atoms. The monoisotopic (exact) mass is 527 g/mol. The van der Waals surface area contributed by atoms with Crippen LogP contribution in [0.5, 0.6) is 0 Å². The molecule has 10 nitrogen and oxygen atoms in total. The van der Waals surface area contributed by atoms with Gasteiger partial charge in [0.15, 0.2) is 0 Å². The number of nitrogens with two attached hydrogens (primary N) is 1. The summed E-state index contributed by atoms with van der Waals surface area (Å²) >= 11 is 0. The molecule has 0 bridgehead atoms. The highest BCUT2D eigenvalue weighted by molar-refractivity contribution is 5.81. The molecule has 0 fully saturated rings. The molecule has 0 aliphatic heterocycles. The van der Waals surface area contributed by atoms with Gasteiger partial charge in [-0.15, -0.1) is 0 Å². The van der Waals surface area contributed by atoms with Crippen LogP contribution >= 0.6 is 0 Å². The Kier molecular flexibility index (Phi) is 13.0. The molecule has 0 aliphatic rings. The van der Waals surface area contributed by atoms with Crippen molar-refractivity contribution in [3.8, 4) is 0 Å². The molecule has 0 atom stereocenters. The van der Waals surface area contributed by atoms with Gasteiger partial charge in [-0.05, 0) is 37.3 Å². The number of unbranched alkanes of at least 4 members (excludes halogenated alkanes) is 2. The molecule has 10 heteroatoms. The maximum Gasteiger partial charge on any atom is 0.309 e. The van der Waals surface area contributed by atoms with Crippen LogP contribution in [-0.2, 0) is 43.2 Å². The van der Waals surface area contributed by atoms with Crippen molar-refractivity contribution in [1.82, 2.24) is 14.9 Å². The van der Waals surface area contributed by atoms with E-state index >= 15 is 0 Å². The van der Waals surface area contributed by atoms with E-state index in [-0.39, 0.29) is 37.1 Å². The molecule has 1 amide bonds. The molecule has 0 radical (unpaired) electrons. The Hall–Kier alpha value is -3.69. The number of carbonyl (C=O) groups excluding carboxylic acids is 3. The minimum Gasteiger partial charge on any atom is -0.469 e. The maximum absolute atomic E-state index is 13.1. The summed E-state index contributed by atoms with van der Waals surface area (Å²) in [5.74, 6) is 0.0815. The third-order valence-electron chi connectivity index (χ3n) is 6.22. The first-order valence-corrected chi connectivity index (χ1v) is 13.1. The Morgan fingerprint density at radius 1 is 1.00 bits per heavy atom. The molecule has 1 aromatic heterocycles. The van der Waals surface area contributed by atoms with Gasteiger partial charge in [0.05, 0.1) is 27.1 Å². The predicted octanol–water partition coefficient (Wildman–Crippen LogP) is 3.60. The molecule has 2 rings (SSSR count). The number of aryl methyl sites for hydroxylation is 1. The number of nitrogens with zero attached hydrogens (tertiary/aromatic N) is 3. The normalized spacial score (nSPS) is 10.6. The van der Waals surface area contributed by atoms with Crippen LogP contribution in [0.1, 0.15) is 67.8 Å². The van der Waals surface area contributed by atoms with Crippen LogP contribution in [0.25, 0.3) is 0 Å². The van der Waals surface area contributed by atoms with E-state index in [0.717, 1.165) is 54.0 Å². The number of hydrogen-bond donors (Lipinski definition) is 2. The lowest BCUT2D eigenvalue weighted by Gasteiger charge is -2.24. The first-order chi connectivity index (χ1) is 18.3. The number of benzene rings is 1. The van der Waals surface area contributed by atoms with Gasteiger partial charge >= 0.3 is 11.9 Å². The summed E-state index contributed by atoms with van der Waals surface area (Å²) in [4.78, 5) is 46.9. The minimum absolute atomic E-state index is 0.0188. The van der Waals surface area contributed by atoms with Gasteiger partial charge in [0.2, 0.25) is 11.9 Å². The number of hydrogen-bond acceptors (Lipinski definition) is 9. The fourth-order valence-corrected chi connectivity index (χ4v) is 4.15. The topological polar surface area (TPSA) is 137 Å². The number of nitrogen functional groups attached to an aromatic ring is 1. The van der Waals surface area contributed by atoms with E-state index in [2.05, 4.69) is 22.2 Å². The maximum atomic E-state index is 13.1. The average Bonchev–Trinajstić information content (AvgIpc) is 2.90. The van der Waals surface area contributed by atoms with Crippen LogP contribution in [0.3, 0.4) is 0 Å². The summed E-state index contributed by atoms with van der Waals surface area (Å²) in [6.07, 6.45) is 4.86. The number of amides is 1. The highest BCUT2D eigenvalue weighted by Crippen LogP contribution is 2.20. The standard InChI is InChI=1S/C28H41N5O5/c1-5-6-7-15-30-27-23(20(2)31-28(29)32-27)12-9-16-33(24(34)13-14-25(35)37-3)19-22-11-8-10-21(17-22)18-26(36)38-4/h8,10-11,17H,5-7,9,12-16,18-19H2,1-4H3,(H3,29,30,31,32). The van der Waals surface area contributed by atoms with E-state index in [1.807, 2.05) is 31.2 Å². The molecule has 1 heterocycles. The smallest absolute Gasteiger partial charge is 0.309 e. The largest absolute Gasteiger partial charge is 0.469 e. The highest BCUT2D eigenvalue weighted by Gasteiger charge is 2.18. The minimum atomic E-state index is -0.424. The Labute approximate surface area is 225 Å². The van der Waals surface area contributed by atoms with E-state index in [0.29, 0.717) is 25.9 Å². The molecule has 0 saturated carbocycles. The SMILES string of the molecule is CCCCCNc1nc(N)nc(C)c1CCCN(Cc1cccc(CC(=O)OC)c1)C(=O)CCC(=O)OC. The van der Waals surface area contributed by atoms with Crippen molar-refractivity contribution in [2.75, 3.05) is 38.4 Å². The molecular weight excluding hydrogens is 486 g/mol. The van der Waals surface area contributed by atoms with Gasteiger partial charge in [0.25, 0.3) is 0 Å². The first-order valence-electron chi connectivity index (χ1n) is 13.1. The average molecular weight is 528 g/mol. The van der Waals surface area contributed by atoms with Crippen LogP contribution in [0, 0.1) is 6.92 Å². The Morgan fingerprint density at radius 3 is 2.45 bits per heavy atom. The molecule has 2 aromatic rings. The number of anilines is 2. The van der Waals surface area contributed by atoms with Crippen molar-refractivity contribution in [2.24, 2.45) is 0 Å². The summed E-state index contributed by atoms with van der Waals surface area (Å²) in [7, 11) is 2.66. The van der Waals surface area contributed by atoms with Crippen molar-refractivity contribution in [3.63, 3.8) is 0 Å². The molecule has 0 aliphatic carbocycles. The van der Waals surface area contributed by atoms with E-state index in [4.69, 9.17) is 15.2 Å². The van der Waals surface area contributed by atoms with Crippen LogP contribution in [-0.4, -0.2) is 60.0 Å². The molecule has 208 valence electrons. The Bertz CT molecular complexity index is 1080. The number of ether oxygens (including phenoxy) is 2. The fraction of sp³-hybridized carbons (Fsp3) is 0.536. The van der Waals surface area contributed by atoms with E-state index in [1.165, 1.54) is 14.2 Å². The number of aromatic nitrogens is 2. The van der Waals surface area contributed by atoms with Crippen molar-refractivity contribution < 1.29 is 23.9 Å². The summed E-state index contributed by atoms with van der Waals surface area (Å²) < 4.78 is 9.47. The Balaban J connectivity index is 2.14. The number of nitrogens with one attached hydrogen (secondary N) is 1. The van der Waals surface area contributed by atoms with Gasteiger partial charge in [-0.1, -0.05) is 44.0 Å². The summed E-state index contributed by atoms with van der Waals surface area (Å²) in [5, 5.41) is 3.40. The molecule has 38 heavy (non-hydrogen) atoms. The highest BCUT2D eigenvalue weighted by atomic mass is 16.5. The van der Waals surface area contributed by atoms with Crippen LogP contribution in [0.15, 0.2) is 24.3 Å². The quantitative estimate of drug-likeness (QED) is 0.248. The molecular formula is C28H41N5O5. The third-order valence-corrected chi connectivity index (χ3v) is 6.22. The van der Waals surface area contributed by atoms with Gasteiger partial charge in [0.1, 0.15) is 5.82 Å². The zero-order valence-electron chi connectivity index (χ0n) is 23.0.